The first-order valence-corrected chi connectivity index (χ1v) is 8.19. The molecule has 0 radical (unpaired) electrons. The van der Waals surface area contributed by atoms with Crippen molar-refractivity contribution in [1.29, 1.82) is 0 Å². The lowest BCUT2D eigenvalue weighted by Crippen LogP contribution is -2.47. The van der Waals surface area contributed by atoms with Crippen LogP contribution in [0.3, 0.4) is 0 Å². The molecular weight excluding hydrogens is 256 g/mol. The number of aromatic nitrogens is 2. The minimum Gasteiger partial charge on any atom is -0.330 e. The predicted molar refractivity (Wildman–Crippen MR) is 80.4 cm³/mol. The minimum atomic E-state index is 0.322. The molecule has 1 saturated heterocycles. The third kappa shape index (κ3) is 2.83. The van der Waals surface area contributed by atoms with Crippen LogP contribution in [-0.2, 0) is 0 Å². The van der Waals surface area contributed by atoms with Gasteiger partial charge in [-0.1, -0.05) is 0 Å². The molecule has 1 unspecified atom stereocenters. The lowest BCUT2D eigenvalue weighted by atomic mass is 10.1. The zero-order valence-corrected chi connectivity index (χ0v) is 12.7. The topological polar surface area (TPSA) is 47.1 Å². The molecule has 1 aliphatic carbocycles. The zero-order chi connectivity index (χ0) is 13.5. The first-order chi connectivity index (χ1) is 9.11. The monoisotopic (exact) mass is 280 g/mol. The molecule has 1 atom stereocenters. The Morgan fingerprint density at radius 1 is 1.53 bits per heavy atom. The second-order valence-electron chi connectivity index (χ2n) is 6.29. The summed E-state index contributed by atoms with van der Waals surface area (Å²) in [5.41, 5.74) is 7.40. The van der Waals surface area contributed by atoms with Gasteiger partial charge in [-0.3, -0.25) is 4.90 Å². The van der Waals surface area contributed by atoms with E-state index in [2.05, 4.69) is 40.1 Å². The third-order valence-electron chi connectivity index (χ3n) is 4.10. The molecule has 2 fully saturated rings. The standard InChI is InChI=1S/C14H24N4S/c1-14(2)9-17(5-6-19-14)12(7-15)13-8-16-10-18(13)11-3-4-11/h8,10-12H,3-7,9,15H2,1-2H3. The Hall–Kier alpha value is -0.520. The number of nitrogens with zero attached hydrogens (tertiary/aromatic N) is 3. The fraction of sp³-hybridized carbons (Fsp3) is 0.786. The first-order valence-electron chi connectivity index (χ1n) is 7.20. The van der Waals surface area contributed by atoms with Gasteiger partial charge in [-0.25, -0.2) is 4.98 Å². The van der Waals surface area contributed by atoms with E-state index in [1.165, 1.54) is 24.3 Å². The van der Waals surface area contributed by atoms with E-state index < -0.39 is 0 Å². The van der Waals surface area contributed by atoms with Crippen LogP contribution in [0.25, 0.3) is 0 Å². The van der Waals surface area contributed by atoms with Gasteiger partial charge >= 0.3 is 0 Å². The van der Waals surface area contributed by atoms with E-state index >= 15 is 0 Å². The highest BCUT2D eigenvalue weighted by molar-refractivity contribution is 8.00. The Kier molecular flexibility index (Phi) is 3.62. The smallest absolute Gasteiger partial charge is 0.0951 e. The van der Waals surface area contributed by atoms with Crippen molar-refractivity contribution in [2.75, 3.05) is 25.4 Å². The number of thioether (sulfide) groups is 1. The molecule has 0 bridgehead atoms. The van der Waals surface area contributed by atoms with E-state index in [4.69, 9.17) is 5.73 Å². The second-order valence-corrected chi connectivity index (χ2v) is 8.09. The predicted octanol–water partition coefficient (Wildman–Crippen LogP) is 2.05. The maximum Gasteiger partial charge on any atom is 0.0951 e. The lowest BCUT2D eigenvalue weighted by Gasteiger charge is -2.41. The molecule has 0 aromatic carbocycles. The van der Waals surface area contributed by atoms with Crippen LogP contribution < -0.4 is 5.73 Å². The summed E-state index contributed by atoms with van der Waals surface area (Å²) in [6.45, 7) is 7.57. The fourth-order valence-electron chi connectivity index (χ4n) is 3.01. The first kappa shape index (κ1) is 13.5. The van der Waals surface area contributed by atoms with Gasteiger partial charge in [-0.2, -0.15) is 11.8 Å². The summed E-state index contributed by atoms with van der Waals surface area (Å²) in [7, 11) is 0. The van der Waals surface area contributed by atoms with Crippen molar-refractivity contribution in [2.45, 2.75) is 43.5 Å². The molecule has 4 nitrogen and oxygen atoms in total. The van der Waals surface area contributed by atoms with Crippen LogP contribution in [0, 0.1) is 0 Å². The fourth-order valence-corrected chi connectivity index (χ4v) is 4.14. The molecular formula is C14H24N4S. The van der Waals surface area contributed by atoms with Crippen molar-refractivity contribution in [2.24, 2.45) is 5.73 Å². The Morgan fingerprint density at radius 3 is 2.95 bits per heavy atom. The molecule has 2 heterocycles. The van der Waals surface area contributed by atoms with Crippen molar-refractivity contribution in [3.05, 3.63) is 18.2 Å². The maximum absolute atomic E-state index is 6.08. The van der Waals surface area contributed by atoms with E-state index in [-0.39, 0.29) is 0 Å². The van der Waals surface area contributed by atoms with E-state index in [0.29, 0.717) is 23.4 Å². The van der Waals surface area contributed by atoms with Crippen LogP contribution >= 0.6 is 11.8 Å². The molecule has 0 amide bonds. The highest BCUT2D eigenvalue weighted by Crippen LogP contribution is 2.39. The van der Waals surface area contributed by atoms with Gasteiger partial charge in [-0.15, -0.1) is 0 Å². The summed E-state index contributed by atoms with van der Waals surface area (Å²) in [5.74, 6) is 1.20. The van der Waals surface area contributed by atoms with Gasteiger partial charge in [0.1, 0.15) is 0 Å². The lowest BCUT2D eigenvalue weighted by molar-refractivity contribution is 0.185. The van der Waals surface area contributed by atoms with Crippen LogP contribution in [0.5, 0.6) is 0 Å². The Morgan fingerprint density at radius 2 is 2.32 bits per heavy atom. The highest BCUT2D eigenvalue weighted by Gasteiger charge is 2.34. The molecule has 1 aromatic heterocycles. The zero-order valence-electron chi connectivity index (χ0n) is 11.9. The number of hydrogen-bond acceptors (Lipinski definition) is 4. The van der Waals surface area contributed by atoms with Crippen LogP contribution in [0.2, 0.25) is 0 Å². The molecule has 5 heteroatoms. The van der Waals surface area contributed by atoms with Crippen LogP contribution in [0.4, 0.5) is 0 Å². The van der Waals surface area contributed by atoms with Crippen molar-refractivity contribution in [3.8, 4) is 0 Å². The summed E-state index contributed by atoms with van der Waals surface area (Å²) in [6.07, 6.45) is 6.59. The molecule has 2 N–H and O–H groups in total. The molecule has 106 valence electrons. The summed E-state index contributed by atoms with van der Waals surface area (Å²) in [6, 6.07) is 1.00. The Bertz CT molecular complexity index is 438. The van der Waals surface area contributed by atoms with Crippen LogP contribution in [-0.4, -0.2) is 44.6 Å². The van der Waals surface area contributed by atoms with Gasteiger partial charge in [0.15, 0.2) is 0 Å². The van der Waals surface area contributed by atoms with Gasteiger partial charge in [-0.05, 0) is 26.7 Å². The molecule has 1 aromatic rings. The van der Waals surface area contributed by atoms with Gasteiger partial charge in [0.25, 0.3) is 0 Å². The van der Waals surface area contributed by atoms with E-state index in [9.17, 15) is 0 Å². The normalized spacial score (nSPS) is 25.4. The van der Waals surface area contributed by atoms with Crippen molar-refractivity contribution in [3.63, 3.8) is 0 Å². The second kappa shape index (κ2) is 5.11. The maximum atomic E-state index is 6.08. The van der Waals surface area contributed by atoms with E-state index in [0.717, 1.165) is 13.1 Å². The average Bonchev–Trinajstić information content (AvgIpc) is 3.09. The molecule has 19 heavy (non-hydrogen) atoms. The third-order valence-corrected chi connectivity index (χ3v) is 5.39. The van der Waals surface area contributed by atoms with Gasteiger partial charge in [0.2, 0.25) is 0 Å². The van der Waals surface area contributed by atoms with Crippen LogP contribution in [0.15, 0.2) is 12.5 Å². The SMILES string of the molecule is CC1(C)CN(C(CN)c2cncn2C2CC2)CCS1. The Balaban J connectivity index is 1.81. The minimum absolute atomic E-state index is 0.322. The Labute approximate surface area is 119 Å². The van der Waals surface area contributed by atoms with Crippen molar-refractivity contribution >= 4 is 11.8 Å². The average molecular weight is 280 g/mol. The quantitative estimate of drug-likeness (QED) is 0.917. The summed E-state index contributed by atoms with van der Waals surface area (Å²) >= 11 is 2.07. The number of imidazole rings is 1. The van der Waals surface area contributed by atoms with Crippen molar-refractivity contribution < 1.29 is 0 Å². The number of hydrogen-bond donors (Lipinski definition) is 1. The van der Waals surface area contributed by atoms with E-state index in [1.54, 1.807) is 0 Å². The van der Waals surface area contributed by atoms with Crippen LogP contribution in [0.1, 0.15) is 44.5 Å². The summed E-state index contributed by atoms with van der Waals surface area (Å²) in [4.78, 5) is 6.91. The molecule has 1 saturated carbocycles. The van der Waals surface area contributed by atoms with Crippen molar-refractivity contribution in [1.82, 2.24) is 14.5 Å². The highest BCUT2D eigenvalue weighted by atomic mass is 32.2. The largest absolute Gasteiger partial charge is 0.330 e. The summed E-state index contributed by atoms with van der Waals surface area (Å²) in [5, 5.41) is 0. The molecule has 2 aliphatic rings. The van der Waals surface area contributed by atoms with Gasteiger partial charge in [0, 0.05) is 42.4 Å². The van der Waals surface area contributed by atoms with Gasteiger partial charge in [0.05, 0.1) is 18.1 Å². The molecule has 3 rings (SSSR count). The number of nitrogens with two attached hydrogens (primary N) is 1. The van der Waals surface area contributed by atoms with E-state index in [1.807, 2.05) is 12.5 Å². The van der Waals surface area contributed by atoms with Gasteiger partial charge < -0.3 is 10.3 Å². The summed E-state index contributed by atoms with van der Waals surface area (Å²) < 4.78 is 2.68. The number of rotatable bonds is 4. The molecule has 0 spiro atoms. The molecule has 1 aliphatic heterocycles.